The van der Waals surface area contributed by atoms with E-state index in [1.807, 2.05) is 13.0 Å². The second kappa shape index (κ2) is 2.16. The van der Waals surface area contributed by atoms with Crippen molar-refractivity contribution in [1.82, 2.24) is 0 Å². The molecule has 0 amide bonds. The molecular weight excluding hydrogens is 140 g/mol. The molecule has 0 aliphatic carbocycles. The summed E-state index contributed by atoms with van der Waals surface area (Å²) in [4.78, 5) is 0. The summed E-state index contributed by atoms with van der Waals surface area (Å²) in [6.07, 6.45) is 0.977. The quantitative estimate of drug-likeness (QED) is 0.606. The maximum atomic E-state index is 9.31. The van der Waals surface area contributed by atoms with Crippen LogP contribution in [0.3, 0.4) is 0 Å². The summed E-state index contributed by atoms with van der Waals surface area (Å²) in [5, 5.41) is 9.31. The minimum atomic E-state index is 0.187. The average molecular weight is 149 g/mol. The molecule has 2 heteroatoms. The molecule has 57 valence electrons. The van der Waals surface area contributed by atoms with Gasteiger partial charge >= 0.3 is 0 Å². The van der Waals surface area contributed by atoms with Crippen molar-refractivity contribution in [3.05, 3.63) is 23.8 Å². The van der Waals surface area contributed by atoms with Gasteiger partial charge in [0.25, 0.3) is 0 Å². The highest BCUT2D eigenvalue weighted by molar-refractivity contribution is 5.45. The minimum Gasteiger partial charge on any atom is -0.507 e. The van der Waals surface area contributed by atoms with Gasteiger partial charge in [0.1, 0.15) is 17.6 Å². The lowest BCUT2D eigenvalue weighted by molar-refractivity contribution is 0.254. The number of hydrogen-bond donors (Lipinski definition) is 1. The van der Waals surface area contributed by atoms with E-state index in [0.29, 0.717) is 0 Å². The fourth-order valence-corrected chi connectivity index (χ4v) is 1.35. The van der Waals surface area contributed by atoms with Crippen molar-refractivity contribution in [2.45, 2.75) is 19.4 Å². The van der Waals surface area contributed by atoms with Gasteiger partial charge in [-0.3, -0.25) is 0 Å². The van der Waals surface area contributed by atoms with E-state index in [9.17, 15) is 5.11 Å². The Morgan fingerprint density at radius 1 is 1.73 bits per heavy atom. The van der Waals surface area contributed by atoms with Crippen molar-refractivity contribution in [2.24, 2.45) is 0 Å². The molecule has 0 saturated heterocycles. The van der Waals surface area contributed by atoms with Gasteiger partial charge in [-0.2, -0.15) is 0 Å². The van der Waals surface area contributed by atoms with E-state index in [2.05, 4.69) is 6.07 Å². The minimum absolute atomic E-state index is 0.187. The van der Waals surface area contributed by atoms with Gasteiger partial charge in [0, 0.05) is 18.1 Å². The lowest BCUT2D eigenvalue weighted by atomic mass is 10.1. The summed E-state index contributed by atoms with van der Waals surface area (Å²) in [6, 6.07) is 6.23. The first-order chi connectivity index (χ1) is 5.27. The van der Waals surface area contributed by atoms with Crippen LogP contribution in [0.5, 0.6) is 11.5 Å². The van der Waals surface area contributed by atoms with E-state index < -0.39 is 0 Å². The van der Waals surface area contributed by atoms with E-state index in [-0.39, 0.29) is 11.9 Å². The van der Waals surface area contributed by atoms with Crippen molar-refractivity contribution in [2.75, 3.05) is 0 Å². The van der Waals surface area contributed by atoms with Gasteiger partial charge in [-0.05, 0) is 19.1 Å². The Kier molecular flexibility index (Phi) is 1.28. The summed E-state index contributed by atoms with van der Waals surface area (Å²) < 4.78 is 5.41. The van der Waals surface area contributed by atoms with Crippen molar-refractivity contribution in [3.63, 3.8) is 0 Å². The van der Waals surface area contributed by atoms with Crippen LogP contribution < -0.4 is 4.74 Å². The SMILES string of the molecule is CC1Cc2c(O)[c]ccc2O1. The van der Waals surface area contributed by atoms with Gasteiger partial charge in [-0.15, -0.1) is 0 Å². The Hall–Kier alpha value is -1.18. The van der Waals surface area contributed by atoms with Crippen molar-refractivity contribution in [1.29, 1.82) is 0 Å². The molecule has 1 N–H and O–H groups in total. The lowest BCUT2D eigenvalue weighted by Crippen LogP contribution is -2.05. The number of ether oxygens (including phenoxy) is 1. The molecule has 1 aliphatic heterocycles. The number of rotatable bonds is 0. The van der Waals surface area contributed by atoms with Crippen molar-refractivity contribution < 1.29 is 9.84 Å². The van der Waals surface area contributed by atoms with Crippen molar-refractivity contribution >= 4 is 0 Å². The van der Waals surface area contributed by atoms with Crippen LogP contribution in [-0.2, 0) is 6.42 Å². The number of hydrogen-bond acceptors (Lipinski definition) is 2. The largest absolute Gasteiger partial charge is 0.507 e. The average Bonchev–Trinajstić information content (AvgIpc) is 2.31. The molecule has 11 heavy (non-hydrogen) atoms. The second-order valence-corrected chi connectivity index (χ2v) is 2.80. The Morgan fingerprint density at radius 2 is 2.55 bits per heavy atom. The van der Waals surface area contributed by atoms with E-state index in [1.54, 1.807) is 6.07 Å². The van der Waals surface area contributed by atoms with E-state index >= 15 is 0 Å². The summed E-state index contributed by atoms with van der Waals surface area (Å²) in [6.45, 7) is 1.99. The molecule has 1 heterocycles. The second-order valence-electron chi connectivity index (χ2n) is 2.80. The maximum absolute atomic E-state index is 9.31. The molecule has 0 aromatic heterocycles. The first kappa shape index (κ1) is 6.53. The molecule has 1 aliphatic rings. The fourth-order valence-electron chi connectivity index (χ4n) is 1.35. The van der Waals surface area contributed by atoms with E-state index in [4.69, 9.17) is 4.74 Å². The summed E-state index contributed by atoms with van der Waals surface area (Å²) >= 11 is 0. The lowest BCUT2D eigenvalue weighted by Gasteiger charge is -2.00. The molecule has 1 unspecified atom stereocenters. The van der Waals surface area contributed by atoms with Gasteiger partial charge in [0.2, 0.25) is 0 Å². The van der Waals surface area contributed by atoms with Gasteiger partial charge in [0.15, 0.2) is 0 Å². The molecule has 1 radical (unpaired) electrons. The molecule has 0 spiro atoms. The van der Waals surface area contributed by atoms with Crippen LogP contribution in [0.2, 0.25) is 0 Å². The molecule has 0 bridgehead atoms. The normalized spacial score (nSPS) is 21.0. The van der Waals surface area contributed by atoms with E-state index in [1.165, 1.54) is 0 Å². The standard InChI is InChI=1S/C9H9O2/c1-6-5-7-8(10)3-2-4-9(7)11-6/h2,4,6,10H,5H2,1H3. The Labute approximate surface area is 65.4 Å². The molecule has 2 rings (SSSR count). The zero-order valence-electron chi connectivity index (χ0n) is 6.29. The Bertz CT molecular complexity index is 281. The van der Waals surface area contributed by atoms with Crippen LogP contribution in [0.25, 0.3) is 0 Å². The van der Waals surface area contributed by atoms with Gasteiger partial charge < -0.3 is 9.84 Å². The molecule has 1 aromatic rings. The monoisotopic (exact) mass is 149 g/mol. The van der Waals surface area contributed by atoms with Crippen LogP contribution in [0.4, 0.5) is 0 Å². The molecule has 2 nitrogen and oxygen atoms in total. The molecule has 0 saturated carbocycles. The van der Waals surface area contributed by atoms with Gasteiger partial charge in [-0.25, -0.2) is 0 Å². The molecule has 0 fully saturated rings. The third-order valence-electron chi connectivity index (χ3n) is 1.86. The predicted octanol–water partition coefficient (Wildman–Crippen LogP) is 1.52. The van der Waals surface area contributed by atoms with Crippen LogP contribution in [0, 0.1) is 6.07 Å². The summed E-state index contributed by atoms with van der Waals surface area (Å²) in [5.74, 6) is 1.03. The Morgan fingerprint density at radius 3 is 3.27 bits per heavy atom. The number of phenols is 1. The van der Waals surface area contributed by atoms with Crippen LogP contribution in [0.15, 0.2) is 12.1 Å². The smallest absolute Gasteiger partial charge is 0.130 e. The predicted molar refractivity (Wildman–Crippen MR) is 40.7 cm³/mol. The van der Waals surface area contributed by atoms with E-state index in [0.717, 1.165) is 17.7 Å². The summed E-state index contributed by atoms with van der Waals surface area (Å²) in [7, 11) is 0. The van der Waals surface area contributed by atoms with Crippen LogP contribution in [-0.4, -0.2) is 11.2 Å². The number of aromatic hydroxyl groups is 1. The highest BCUT2D eigenvalue weighted by Gasteiger charge is 2.21. The number of benzene rings is 1. The van der Waals surface area contributed by atoms with Crippen LogP contribution >= 0.6 is 0 Å². The number of fused-ring (bicyclic) bond motifs is 1. The summed E-state index contributed by atoms with van der Waals surface area (Å²) in [5.41, 5.74) is 0.889. The third-order valence-corrected chi connectivity index (χ3v) is 1.86. The van der Waals surface area contributed by atoms with Gasteiger partial charge in [0.05, 0.1) is 0 Å². The third kappa shape index (κ3) is 0.946. The first-order valence-corrected chi connectivity index (χ1v) is 3.66. The highest BCUT2D eigenvalue weighted by atomic mass is 16.5. The molecule has 1 aromatic carbocycles. The zero-order chi connectivity index (χ0) is 7.84. The Balaban J connectivity index is 2.49. The van der Waals surface area contributed by atoms with Crippen molar-refractivity contribution in [3.8, 4) is 11.5 Å². The van der Waals surface area contributed by atoms with Crippen LogP contribution in [0.1, 0.15) is 12.5 Å². The fraction of sp³-hybridized carbons (Fsp3) is 0.333. The first-order valence-electron chi connectivity index (χ1n) is 3.66. The zero-order valence-corrected chi connectivity index (χ0v) is 6.29. The maximum Gasteiger partial charge on any atom is 0.130 e. The van der Waals surface area contributed by atoms with Gasteiger partial charge in [-0.1, -0.05) is 0 Å². The topological polar surface area (TPSA) is 29.5 Å². The highest BCUT2D eigenvalue weighted by Crippen LogP contribution is 2.34. The molecular formula is C9H9O2. The molecule has 1 atom stereocenters. The number of phenolic OH excluding ortho intramolecular Hbond substituents is 1.